The van der Waals surface area contributed by atoms with Gasteiger partial charge in [-0.1, -0.05) is 11.6 Å². The van der Waals surface area contributed by atoms with Gasteiger partial charge in [0.1, 0.15) is 13.2 Å². The molecular formula is C13H12ClF7N2O4S. The predicted octanol–water partition coefficient (Wildman–Crippen LogP) is 3.50. The lowest BCUT2D eigenvalue weighted by atomic mass is 10.2. The number of ether oxygens (including phenoxy) is 1. The number of amides is 1. The van der Waals surface area contributed by atoms with Crippen molar-refractivity contribution in [3.63, 3.8) is 0 Å². The first-order valence-electron chi connectivity index (χ1n) is 7.07. The molecule has 0 aliphatic carbocycles. The molecule has 2 N–H and O–H groups in total. The van der Waals surface area contributed by atoms with Crippen LogP contribution in [0.3, 0.4) is 0 Å². The molecule has 0 saturated heterocycles. The van der Waals surface area contributed by atoms with Crippen molar-refractivity contribution in [2.24, 2.45) is 0 Å². The second kappa shape index (κ2) is 9.24. The van der Waals surface area contributed by atoms with Gasteiger partial charge in [0.05, 0.1) is 16.6 Å². The maximum absolute atomic E-state index is 13.8. The van der Waals surface area contributed by atoms with Gasteiger partial charge in [0.15, 0.2) is 11.6 Å². The molecule has 1 aromatic carbocycles. The van der Waals surface area contributed by atoms with E-state index in [-0.39, 0.29) is 0 Å². The van der Waals surface area contributed by atoms with Crippen molar-refractivity contribution in [1.82, 2.24) is 9.62 Å². The molecule has 0 fully saturated rings. The Labute approximate surface area is 161 Å². The number of rotatable bonds is 7. The zero-order valence-corrected chi connectivity index (χ0v) is 15.3. The summed E-state index contributed by atoms with van der Waals surface area (Å²) in [7, 11) is 0. The lowest BCUT2D eigenvalue weighted by molar-refractivity contribution is -0.222. The summed E-state index contributed by atoms with van der Waals surface area (Å²) in [6, 6.07) is -0.636. The molecule has 6 nitrogen and oxygen atoms in total. The van der Waals surface area contributed by atoms with Gasteiger partial charge in [0, 0.05) is 0 Å². The fourth-order valence-electron chi connectivity index (χ4n) is 1.86. The normalized spacial score (nSPS) is 14.7. The van der Waals surface area contributed by atoms with Crippen LogP contribution < -0.4 is 10.1 Å². The third kappa shape index (κ3) is 7.07. The van der Waals surface area contributed by atoms with Crippen molar-refractivity contribution >= 4 is 28.8 Å². The second-order valence-corrected chi connectivity index (χ2v) is 6.51. The molecule has 1 aromatic rings. The minimum atomic E-state index is -5.20. The largest absolute Gasteiger partial charge is 0.489 e. The summed E-state index contributed by atoms with van der Waals surface area (Å²) >= 11 is 2.14. The molecule has 1 unspecified atom stereocenters. The Morgan fingerprint density at radius 2 is 1.89 bits per heavy atom. The molecule has 0 aliphatic heterocycles. The Morgan fingerprint density at radius 3 is 2.36 bits per heavy atom. The molecule has 0 radical (unpaired) electrons. The van der Waals surface area contributed by atoms with Gasteiger partial charge in [0.2, 0.25) is 11.3 Å². The molecule has 1 rings (SSSR count). The van der Waals surface area contributed by atoms with Crippen LogP contribution >= 0.6 is 11.6 Å². The molecule has 28 heavy (non-hydrogen) atoms. The van der Waals surface area contributed by atoms with E-state index in [0.29, 0.717) is 12.1 Å². The van der Waals surface area contributed by atoms with Gasteiger partial charge < -0.3 is 10.1 Å². The Morgan fingerprint density at radius 1 is 1.32 bits per heavy atom. The number of hydrogen-bond donors (Lipinski definition) is 2. The van der Waals surface area contributed by atoms with Gasteiger partial charge in [-0.2, -0.15) is 26.3 Å². The summed E-state index contributed by atoms with van der Waals surface area (Å²) in [6.07, 6.45) is -9.93. The van der Waals surface area contributed by atoms with Gasteiger partial charge in [-0.05, 0) is 19.1 Å². The summed E-state index contributed by atoms with van der Waals surface area (Å²) < 4.78 is 112. The highest BCUT2D eigenvalue weighted by molar-refractivity contribution is 7.76. The Bertz CT molecular complexity index is 745. The average molecular weight is 461 g/mol. The molecule has 0 spiro atoms. The Balaban J connectivity index is 2.97. The first-order chi connectivity index (χ1) is 12.6. The quantitative estimate of drug-likeness (QED) is 0.371. The van der Waals surface area contributed by atoms with Crippen molar-refractivity contribution < 1.29 is 49.0 Å². The van der Waals surface area contributed by atoms with E-state index >= 15 is 0 Å². The van der Waals surface area contributed by atoms with Crippen LogP contribution in [0.2, 0.25) is 5.02 Å². The van der Waals surface area contributed by atoms with Crippen molar-refractivity contribution in [3.05, 3.63) is 28.5 Å². The maximum atomic E-state index is 13.8. The first-order valence-corrected chi connectivity index (χ1v) is 8.51. The number of nitrogens with one attached hydrogen (secondary N) is 1. The topological polar surface area (TPSA) is 78.9 Å². The van der Waals surface area contributed by atoms with E-state index in [9.17, 15) is 39.7 Å². The fraction of sp³-hybridized carbons (Fsp3) is 0.462. The highest BCUT2D eigenvalue weighted by Crippen LogP contribution is 2.28. The van der Waals surface area contributed by atoms with E-state index in [2.05, 4.69) is 0 Å². The molecule has 0 aliphatic rings. The summed E-state index contributed by atoms with van der Waals surface area (Å²) in [5, 5.41) is 0.924. The van der Waals surface area contributed by atoms with Crippen molar-refractivity contribution in [2.75, 3.05) is 13.2 Å². The summed E-state index contributed by atoms with van der Waals surface area (Å²) in [6.45, 7) is -1.80. The van der Waals surface area contributed by atoms with Crippen molar-refractivity contribution in [2.45, 2.75) is 25.4 Å². The highest BCUT2D eigenvalue weighted by atomic mass is 35.5. The highest BCUT2D eigenvalue weighted by Gasteiger charge is 2.45. The smallest absolute Gasteiger partial charge is 0.473 e. The van der Waals surface area contributed by atoms with Crippen LogP contribution in [0.4, 0.5) is 30.7 Å². The van der Waals surface area contributed by atoms with Crippen LogP contribution in [-0.2, 0) is 11.3 Å². The Hall–Kier alpha value is -1.64. The molecular weight excluding hydrogens is 449 g/mol. The molecule has 1 amide bonds. The molecule has 15 heteroatoms. The number of carbonyl (C=O) groups is 1. The summed E-state index contributed by atoms with van der Waals surface area (Å²) in [5.41, 5.74) is -0.617. The van der Waals surface area contributed by atoms with E-state index in [1.54, 1.807) is 0 Å². The lowest BCUT2D eigenvalue weighted by Gasteiger charge is -2.26. The van der Waals surface area contributed by atoms with Gasteiger partial charge in [-0.25, -0.2) is 8.60 Å². The number of hydrogen-bond acceptors (Lipinski definition) is 3. The maximum Gasteiger partial charge on any atom is 0.473 e. The molecule has 0 bridgehead atoms. The van der Waals surface area contributed by atoms with Crippen LogP contribution in [0.5, 0.6) is 5.75 Å². The van der Waals surface area contributed by atoms with Gasteiger partial charge in [0.25, 0.3) is 5.91 Å². The summed E-state index contributed by atoms with van der Waals surface area (Å²) in [5.74, 6) is -3.33. The molecule has 0 saturated carbocycles. The van der Waals surface area contributed by atoms with Crippen molar-refractivity contribution in [3.8, 4) is 5.75 Å². The van der Waals surface area contributed by atoms with E-state index in [1.807, 2.05) is 0 Å². The fourth-order valence-corrected chi connectivity index (χ4v) is 2.64. The van der Waals surface area contributed by atoms with Crippen LogP contribution in [0.15, 0.2) is 12.1 Å². The molecule has 2 atom stereocenters. The molecule has 160 valence electrons. The minimum Gasteiger partial charge on any atom is -0.489 e. The van der Waals surface area contributed by atoms with E-state index in [4.69, 9.17) is 20.9 Å². The average Bonchev–Trinajstić information content (AvgIpc) is 2.49. The number of benzene rings is 1. The van der Waals surface area contributed by atoms with Crippen molar-refractivity contribution in [1.29, 1.82) is 0 Å². The van der Waals surface area contributed by atoms with Crippen LogP contribution in [0.1, 0.15) is 17.3 Å². The minimum absolute atomic E-state index is 0.524. The van der Waals surface area contributed by atoms with E-state index < -0.39 is 75.3 Å². The predicted molar refractivity (Wildman–Crippen MR) is 83.4 cm³/mol. The lowest BCUT2D eigenvalue weighted by Crippen LogP contribution is -2.47. The standard InChI is InChI=1S/C13H12ClF7N2O4S/c1-6(23(28(25)26)13(19,20)21)4-27-10-2-7(8(14)3-9(10)15)11(24)22-5-12(16,17)18/h2-3,6H,4-5H2,1H3,(H,22,24)(H,25,26)/t6-/m0/s1. The SMILES string of the molecule is C[C@@H](COc1cc(C(=O)NCC(F)(F)F)c(Cl)cc1F)N(S(=O)O)C(F)(F)F. The summed E-state index contributed by atoms with van der Waals surface area (Å²) in [4.78, 5) is 11.7. The number of nitrogens with zero attached hydrogens (tertiary/aromatic N) is 1. The van der Waals surface area contributed by atoms with Gasteiger partial charge in [-0.3, -0.25) is 9.35 Å². The Kier molecular flexibility index (Phi) is 8.05. The third-order valence-corrected chi connectivity index (χ3v) is 4.23. The van der Waals surface area contributed by atoms with E-state index in [0.717, 1.165) is 6.92 Å². The monoisotopic (exact) mass is 460 g/mol. The number of carbonyl (C=O) groups excluding carboxylic acids is 1. The number of halogens is 8. The molecule has 0 heterocycles. The zero-order valence-electron chi connectivity index (χ0n) is 13.7. The third-order valence-electron chi connectivity index (χ3n) is 3.01. The van der Waals surface area contributed by atoms with Crippen LogP contribution in [0, 0.1) is 5.82 Å². The zero-order chi connectivity index (χ0) is 21.9. The number of alkyl halides is 6. The second-order valence-electron chi connectivity index (χ2n) is 5.24. The van der Waals surface area contributed by atoms with Crippen LogP contribution in [0.25, 0.3) is 0 Å². The van der Waals surface area contributed by atoms with E-state index in [1.165, 1.54) is 5.32 Å². The first kappa shape index (κ1) is 24.4. The van der Waals surface area contributed by atoms with Crippen LogP contribution in [-0.4, -0.2) is 50.6 Å². The van der Waals surface area contributed by atoms with Gasteiger partial charge in [-0.15, -0.1) is 4.31 Å². The molecule has 0 aromatic heterocycles. The van der Waals surface area contributed by atoms with Gasteiger partial charge >= 0.3 is 12.5 Å².